The highest BCUT2D eigenvalue weighted by Crippen LogP contribution is 2.33. The van der Waals surface area contributed by atoms with Crippen LogP contribution in [-0.2, 0) is 18.0 Å². The number of anilines is 1. The monoisotopic (exact) mass is 360 g/mol. The molecule has 25 heavy (non-hydrogen) atoms. The lowest BCUT2D eigenvalue weighted by Gasteiger charge is -2.13. The second kappa shape index (κ2) is 7.50. The molecule has 1 unspecified atom stereocenters. The fourth-order valence-electron chi connectivity index (χ4n) is 2.76. The number of nitrogens with zero attached hydrogens (tertiary/aromatic N) is 1. The molecule has 0 saturated carbocycles. The summed E-state index contributed by atoms with van der Waals surface area (Å²) >= 11 is 0. The number of hydrogen-bond donors (Lipinski definition) is 1. The number of methoxy groups -OCH3 is 1. The van der Waals surface area contributed by atoms with Gasteiger partial charge in [0.15, 0.2) is 0 Å². The van der Waals surface area contributed by atoms with E-state index in [0.717, 1.165) is 16.5 Å². The van der Waals surface area contributed by atoms with Crippen molar-refractivity contribution in [2.75, 3.05) is 18.1 Å². The number of benzene rings is 2. The van der Waals surface area contributed by atoms with Gasteiger partial charge in [-0.3, -0.25) is 4.79 Å². The van der Waals surface area contributed by atoms with Crippen LogP contribution in [0.1, 0.15) is 0 Å². The molecule has 0 spiro atoms. The third kappa shape index (κ3) is 3.57. The molecule has 3 rings (SSSR count). The second-order valence-corrected chi connectivity index (χ2v) is 6.59. The maximum absolute atomic E-state index is 12.3. The Kier molecular flexibility index (Phi) is 5.61. The summed E-state index contributed by atoms with van der Waals surface area (Å²) in [6.07, 6.45) is 3.38. The van der Waals surface area contributed by atoms with Crippen LogP contribution in [0, 0.1) is 0 Å². The van der Waals surface area contributed by atoms with Crippen LogP contribution in [0.2, 0.25) is 0 Å². The summed E-state index contributed by atoms with van der Waals surface area (Å²) < 4.78 is 21.3. The molecule has 7 heteroatoms. The van der Waals surface area contributed by atoms with E-state index in [1.807, 2.05) is 48.7 Å². The largest absolute Gasteiger partial charge is 0.495 e. The lowest BCUT2D eigenvalue weighted by atomic mass is 10.00. The van der Waals surface area contributed by atoms with E-state index in [-0.39, 0.29) is 11.0 Å². The highest BCUT2D eigenvalue weighted by atomic mass is 32.2. The van der Waals surface area contributed by atoms with Crippen molar-refractivity contribution in [2.24, 2.45) is 7.05 Å². The SMILES string of the molecule is COc1ccc(-c2cn(C)c(=O)c3ccccc23)cc1NS(C)=O.O. The molecule has 132 valence electrons. The molecule has 3 aromatic rings. The van der Waals surface area contributed by atoms with Gasteiger partial charge in [0.2, 0.25) is 0 Å². The molecule has 0 radical (unpaired) electrons. The fourth-order valence-corrected chi connectivity index (χ4v) is 3.23. The molecule has 2 aromatic carbocycles. The number of ether oxygens (including phenoxy) is 1. The number of aryl methyl sites for hydroxylation is 1. The summed E-state index contributed by atoms with van der Waals surface area (Å²) in [6, 6.07) is 13.2. The molecule has 1 heterocycles. The van der Waals surface area contributed by atoms with Crippen LogP contribution in [-0.4, -0.2) is 27.6 Å². The first-order valence-corrected chi connectivity index (χ1v) is 8.94. The van der Waals surface area contributed by atoms with Crippen molar-refractivity contribution in [1.82, 2.24) is 4.57 Å². The zero-order chi connectivity index (χ0) is 17.3. The molecular formula is C18H20N2O4S. The van der Waals surface area contributed by atoms with Gasteiger partial charge in [0.1, 0.15) is 16.7 Å². The quantitative estimate of drug-likeness (QED) is 0.772. The van der Waals surface area contributed by atoms with Crippen LogP contribution in [0.15, 0.2) is 53.5 Å². The van der Waals surface area contributed by atoms with Crippen LogP contribution >= 0.6 is 0 Å². The first-order chi connectivity index (χ1) is 11.5. The van der Waals surface area contributed by atoms with Gasteiger partial charge in [-0.05, 0) is 29.1 Å². The zero-order valence-electron chi connectivity index (χ0n) is 14.2. The topological polar surface area (TPSA) is 91.8 Å². The number of pyridine rings is 1. The highest BCUT2D eigenvalue weighted by molar-refractivity contribution is 7.85. The molecule has 1 aromatic heterocycles. The van der Waals surface area contributed by atoms with Crippen LogP contribution in [0.25, 0.3) is 21.9 Å². The minimum absolute atomic E-state index is 0. The Bertz CT molecular complexity index is 998. The molecule has 3 N–H and O–H groups in total. The van der Waals surface area contributed by atoms with Crippen molar-refractivity contribution in [2.45, 2.75) is 0 Å². The van der Waals surface area contributed by atoms with E-state index in [4.69, 9.17) is 4.74 Å². The van der Waals surface area contributed by atoms with Crippen LogP contribution in [0.5, 0.6) is 5.75 Å². The van der Waals surface area contributed by atoms with Crippen molar-refractivity contribution in [3.05, 3.63) is 59.0 Å². The number of hydrogen-bond acceptors (Lipinski definition) is 3. The maximum Gasteiger partial charge on any atom is 0.258 e. The van der Waals surface area contributed by atoms with Crippen LogP contribution in [0.3, 0.4) is 0 Å². The summed E-state index contributed by atoms with van der Waals surface area (Å²) in [6.45, 7) is 0. The minimum Gasteiger partial charge on any atom is -0.495 e. The van der Waals surface area contributed by atoms with E-state index in [1.54, 1.807) is 25.0 Å². The number of nitrogens with one attached hydrogen (secondary N) is 1. The molecule has 0 fully saturated rings. The Morgan fingerprint density at radius 3 is 2.44 bits per heavy atom. The Hall–Kier alpha value is -2.64. The summed E-state index contributed by atoms with van der Waals surface area (Å²) in [5.74, 6) is 0.614. The molecule has 0 amide bonds. The smallest absolute Gasteiger partial charge is 0.258 e. The zero-order valence-corrected chi connectivity index (χ0v) is 15.0. The maximum atomic E-state index is 12.3. The third-order valence-electron chi connectivity index (χ3n) is 3.85. The van der Waals surface area contributed by atoms with E-state index >= 15 is 0 Å². The third-order valence-corrected chi connectivity index (χ3v) is 4.36. The molecular weight excluding hydrogens is 340 g/mol. The molecule has 0 aliphatic carbocycles. The van der Waals surface area contributed by atoms with Gasteiger partial charge < -0.3 is 19.5 Å². The minimum atomic E-state index is -1.21. The van der Waals surface area contributed by atoms with Gasteiger partial charge in [-0.25, -0.2) is 4.21 Å². The molecule has 0 aliphatic rings. The van der Waals surface area contributed by atoms with Gasteiger partial charge in [-0.1, -0.05) is 24.3 Å². The van der Waals surface area contributed by atoms with E-state index in [0.29, 0.717) is 16.8 Å². The molecule has 1 atom stereocenters. The van der Waals surface area contributed by atoms with Gasteiger partial charge in [-0.15, -0.1) is 0 Å². The summed E-state index contributed by atoms with van der Waals surface area (Å²) in [5, 5.41) is 1.55. The van der Waals surface area contributed by atoms with E-state index in [2.05, 4.69) is 4.72 Å². The predicted octanol–water partition coefficient (Wildman–Crippen LogP) is 2.09. The Labute approximate surface area is 148 Å². The molecule has 6 nitrogen and oxygen atoms in total. The van der Waals surface area contributed by atoms with Crippen LogP contribution < -0.4 is 15.0 Å². The van der Waals surface area contributed by atoms with Gasteiger partial charge in [0, 0.05) is 30.4 Å². The van der Waals surface area contributed by atoms with Crippen molar-refractivity contribution in [3.8, 4) is 16.9 Å². The van der Waals surface area contributed by atoms with Gasteiger partial charge >= 0.3 is 0 Å². The van der Waals surface area contributed by atoms with Crippen molar-refractivity contribution >= 4 is 27.4 Å². The first kappa shape index (κ1) is 18.7. The Morgan fingerprint density at radius 2 is 1.80 bits per heavy atom. The van der Waals surface area contributed by atoms with Gasteiger partial charge in [-0.2, -0.15) is 0 Å². The lowest BCUT2D eigenvalue weighted by Crippen LogP contribution is -2.16. The molecule has 0 saturated heterocycles. The van der Waals surface area contributed by atoms with E-state index < -0.39 is 11.0 Å². The lowest BCUT2D eigenvalue weighted by molar-refractivity contribution is 0.417. The normalized spacial score (nSPS) is 11.6. The summed E-state index contributed by atoms with van der Waals surface area (Å²) in [4.78, 5) is 12.3. The summed E-state index contributed by atoms with van der Waals surface area (Å²) in [5.41, 5.74) is 2.46. The van der Waals surface area contributed by atoms with Crippen LogP contribution in [0.4, 0.5) is 5.69 Å². The Balaban J connectivity index is 0.00000225. The van der Waals surface area contributed by atoms with Gasteiger partial charge in [0.05, 0.1) is 12.8 Å². The van der Waals surface area contributed by atoms with Crippen molar-refractivity contribution < 1.29 is 14.4 Å². The van der Waals surface area contributed by atoms with E-state index in [1.165, 1.54) is 0 Å². The predicted molar refractivity (Wildman–Crippen MR) is 102 cm³/mol. The highest BCUT2D eigenvalue weighted by Gasteiger charge is 2.12. The standard InChI is InChI=1S/C18H18N2O3S.H2O/c1-20-11-15(13-6-4-5-7-14(13)18(20)21)12-8-9-17(23-2)16(10-12)19-24(3)22;/h4-11,19H,1-3H3;1H2. The number of aromatic nitrogens is 1. The Morgan fingerprint density at radius 1 is 1.12 bits per heavy atom. The number of rotatable bonds is 4. The summed E-state index contributed by atoms with van der Waals surface area (Å²) in [7, 11) is 2.09. The fraction of sp³-hybridized carbons (Fsp3) is 0.167. The average molecular weight is 360 g/mol. The molecule has 0 bridgehead atoms. The van der Waals surface area contributed by atoms with E-state index in [9.17, 15) is 9.00 Å². The van der Waals surface area contributed by atoms with Gasteiger partial charge in [0.25, 0.3) is 5.56 Å². The van der Waals surface area contributed by atoms with Crippen molar-refractivity contribution in [3.63, 3.8) is 0 Å². The average Bonchev–Trinajstić information content (AvgIpc) is 2.57. The first-order valence-electron chi connectivity index (χ1n) is 7.38. The number of fused-ring (bicyclic) bond motifs is 1. The molecule has 0 aliphatic heterocycles. The second-order valence-electron chi connectivity index (χ2n) is 5.48. The van der Waals surface area contributed by atoms with Crippen molar-refractivity contribution in [1.29, 1.82) is 0 Å².